The maximum Gasteiger partial charge on any atom is 0.273 e. The number of carbonyl (C=O) groups is 1. The van der Waals surface area contributed by atoms with Gasteiger partial charge in [-0.15, -0.1) is 0 Å². The molecular formula is C20H13F3N4O2. The lowest BCUT2D eigenvalue weighted by Gasteiger charge is -2.06. The third-order valence-corrected chi connectivity index (χ3v) is 4.32. The summed E-state index contributed by atoms with van der Waals surface area (Å²) in [5.41, 5.74) is -0.403. The van der Waals surface area contributed by atoms with Crippen LogP contribution in [0, 0.1) is 17.5 Å². The molecule has 0 unspecified atom stereocenters. The van der Waals surface area contributed by atoms with Crippen LogP contribution in [0.3, 0.4) is 0 Å². The molecule has 0 aliphatic rings. The highest BCUT2D eigenvalue weighted by molar-refractivity contribution is 5.99. The summed E-state index contributed by atoms with van der Waals surface area (Å²) in [6.07, 6.45) is 1.29. The van der Waals surface area contributed by atoms with E-state index in [1.165, 1.54) is 6.20 Å². The standard InChI is InChI=1S/C20H13F3N4O2/c21-14-7-16(23)15(22)6-12(14)17-8-18(28)27-19(26-17)13(10-25-27)20(29)24-9-11-4-2-1-3-5-11/h1-8,10,25H,9H2,(H,24,29). The SMILES string of the molecule is O=C(NCc1ccccc1)c1c[nH]n2c(=O)cc(-c3cc(F)c(F)cc3F)nc12. The summed E-state index contributed by atoms with van der Waals surface area (Å²) in [6.45, 7) is 0.249. The van der Waals surface area contributed by atoms with Crippen molar-refractivity contribution in [3.8, 4) is 11.3 Å². The van der Waals surface area contributed by atoms with Crippen molar-refractivity contribution in [1.82, 2.24) is 19.9 Å². The number of carbonyl (C=O) groups excluding carboxylic acids is 1. The van der Waals surface area contributed by atoms with Gasteiger partial charge in [-0.25, -0.2) is 22.7 Å². The number of fused-ring (bicyclic) bond motifs is 1. The number of hydrogen-bond acceptors (Lipinski definition) is 3. The van der Waals surface area contributed by atoms with Crippen molar-refractivity contribution in [2.45, 2.75) is 6.54 Å². The van der Waals surface area contributed by atoms with Gasteiger partial charge in [0.2, 0.25) is 0 Å². The average molecular weight is 398 g/mol. The van der Waals surface area contributed by atoms with Crippen LogP contribution in [0.25, 0.3) is 16.9 Å². The van der Waals surface area contributed by atoms with Crippen LogP contribution in [0.1, 0.15) is 15.9 Å². The van der Waals surface area contributed by atoms with Gasteiger partial charge in [0.05, 0.1) is 5.69 Å². The van der Waals surface area contributed by atoms with Crippen molar-refractivity contribution in [2.75, 3.05) is 0 Å². The zero-order chi connectivity index (χ0) is 20.5. The molecule has 4 aromatic rings. The summed E-state index contributed by atoms with van der Waals surface area (Å²) >= 11 is 0. The third-order valence-electron chi connectivity index (χ3n) is 4.32. The zero-order valence-electron chi connectivity index (χ0n) is 14.7. The van der Waals surface area contributed by atoms with Gasteiger partial charge in [0.1, 0.15) is 11.4 Å². The van der Waals surface area contributed by atoms with Gasteiger partial charge in [-0.1, -0.05) is 30.3 Å². The molecular weight excluding hydrogens is 385 g/mol. The Kier molecular flexibility index (Phi) is 4.63. The minimum atomic E-state index is -1.35. The topological polar surface area (TPSA) is 79.3 Å². The Bertz CT molecular complexity index is 1280. The van der Waals surface area contributed by atoms with Gasteiger partial charge < -0.3 is 5.32 Å². The largest absolute Gasteiger partial charge is 0.348 e. The molecule has 2 aromatic carbocycles. The summed E-state index contributed by atoms with van der Waals surface area (Å²) in [5.74, 6) is -4.22. The Morgan fingerprint density at radius 1 is 1.03 bits per heavy atom. The lowest BCUT2D eigenvalue weighted by atomic mass is 10.1. The Morgan fingerprint density at radius 3 is 2.52 bits per heavy atom. The smallest absolute Gasteiger partial charge is 0.273 e. The molecule has 0 atom stereocenters. The van der Waals surface area contributed by atoms with Crippen LogP contribution < -0.4 is 10.9 Å². The first kappa shape index (κ1) is 18.5. The first-order valence-corrected chi connectivity index (χ1v) is 8.52. The van der Waals surface area contributed by atoms with Gasteiger partial charge in [0, 0.05) is 30.4 Å². The highest BCUT2D eigenvalue weighted by atomic mass is 19.2. The normalized spacial score (nSPS) is 11.0. The summed E-state index contributed by atoms with van der Waals surface area (Å²) < 4.78 is 41.8. The van der Waals surface area contributed by atoms with Gasteiger partial charge in [-0.3, -0.25) is 14.7 Å². The van der Waals surface area contributed by atoms with E-state index in [2.05, 4.69) is 15.4 Å². The Balaban J connectivity index is 1.73. The number of amides is 1. The summed E-state index contributed by atoms with van der Waals surface area (Å²) in [6, 6.07) is 11.1. The molecule has 0 spiro atoms. The van der Waals surface area contributed by atoms with Gasteiger partial charge >= 0.3 is 0 Å². The lowest BCUT2D eigenvalue weighted by molar-refractivity contribution is 0.0952. The number of nitrogens with one attached hydrogen (secondary N) is 2. The van der Waals surface area contributed by atoms with Crippen LogP contribution in [0.5, 0.6) is 0 Å². The Labute approximate surface area is 161 Å². The summed E-state index contributed by atoms with van der Waals surface area (Å²) in [4.78, 5) is 29.0. The molecule has 4 rings (SSSR count). The second-order valence-corrected chi connectivity index (χ2v) is 6.24. The van der Waals surface area contributed by atoms with E-state index < -0.39 is 28.9 Å². The van der Waals surface area contributed by atoms with Crippen LogP contribution in [0.2, 0.25) is 0 Å². The van der Waals surface area contributed by atoms with Crippen LogP contribution in [0.4, 0.5) is 13.2 Å². The molecule has 6 nitrogen and oxygen atoms in total. The van der Waals surface area contributed by atoms with E-state index in [0.29, 0.717) is 12.1 Å². The number of nitrogens with zero attached hydrogens (tertiary/aromatic N) is 2. The van der Waals surface area contributed by atoms with Crippen LogP contribution in [-0.4, -0.2) is 20.5 Å². The minimum Gasteiger partial charge on any atom is -0.348 e. The molecule has 9 heteroatoms. The average Bonchev–Trinajstić information content (AvgIpc) is 3.14. The number of aromatic nitrogens is 3. The number of benzene rings is 2. The molecule has 1 amide bonds. The van der Waals surface area contributed by atoms with E-state index >= 15 is 0 Å². The number of aromatic amines is 1. The maximum atomic E-state index is 14.1. The number of rotatable bonds is 4. The zero-order valence-corrected chi connectivity index (χ0v) is 14.7. The van der Waals surface area contributed by atoms with Crippen molar-refractivity contribution < 1.29 is 18.0 Å². The Hall–Kier alpha value is -3.88. The van der Waals surface area contributed by atoms with Crippen molar-refractivity contribution >= 4 is 11.6 Å². The minimum absolute atomic E-state index is 0.0443. The predicted molar refractivity (Wildman–Crippen MR) is 98.7 cm³/mol. The summed E-state index contributed by atoms with van der Waals surface area (Å²) in [5, 5.41) is 5.30. The van der Waals surface area contributed by atoms with Crippen LogP contribution in [0.15, 0.2) is 59.5 Å². The molecule has 2 N–H and O–H groups in total. The number of hydrogen-bond donors (Lipinski definition) is 2. The molecule has 0 saturated carbocycles. The van der Waals surface area contributed by atoms with E-state index in [0.717, 1.165) is 16.1 Å². The monoisotopic (exact) mass is 398 g/mol. The predicted octanol–water partition coefficient (Wildman–Crippen LogP) is 3.04. The van der Waals surface area contributed by atoms with Gasteiger partial charge in [0.25, 0.3) is 11.5 Å². The fourth-order valence-corrected chi connectivity index (χ4v) is 2.88. The third kappa shape index (κ3) is 3.49. The van der Waals surface area contributed by atoms with Crippen LogP contribution in [-0.2, 0) is 6.54 Å². The van der Waals surface area contributed by atoms with E-state index in [1.54, 1.807) is 0 Å². The molecule has 29 heavy (non-hydrogen) atoms. The fraction of sp³-hybridized carbons (Fsp3) is 0.0500. The second kappa shape index (κ2) is 7.27. The molecule has 0 saturated heterocycles. The molecule has 0 fully saturated rings. The fourth-order valence-electron chi connectivity index (χ4n) is 2.88. The van der Waals surface area contributed by atoms with E-state index in [-0.39, 0.29) is 29.0 Å². The van der Waals surface area contributed by atoms with Gasteiger partial charge in [-0.2, -0.15) is 0 Å². The van der Waals surface area contributed by atoms with Crippen molar-refractivity contribution in [1.29, 1.82) is 0 Å². The highest BCUT2D eigenvalue weighted by Gasteiger charge is 2.18. The molecule has 146 valence electrons. The lowest BCUT2D eigenvalue weighted by Crippen LogP contribution is -2.23. The highest BCUT2D eigenvalue weighted by Crippen LogP contribution is 2.23. The maximum absolute atomic E-state index is 14.1. The molecule has 0 radical (unpaired) electrons. The quantitative estimate of drug-likeness (QED) is 0.519. The molecule has 2 heterocycles. The van der Waals surface area contributed by atoms with Crippen molar-refractivity contribution in [2.24, 2.45) is 0 Å². The van der Waals surface area contributed by atoms with Crippen LogP contribution >= 0.6 is 0 Å². The summed E-state index contributed by atoms with van der Waals surface area (Å²) in [7, 11) is 0. The second-order valence-electron chi connectivity index (χ2n) is 6.24. The first-order chi connectivity index (χ1) is 13.9. The van der Waals surface area contributed by atoms with Crippen molar-refractivity contribution in [3.05, 3.63) is 93.7 Å². The molecule has 2 aromatic heterocycles. The van der Waals surface area contributed by atoms with Gasteiger partial charge in [0.15, 0.2) is 17.3 Å². The molecule has 0 bridgehead atoms. The first-order valence-electron chi connectivity index (χ1n) is 8.52. The van der Waals surface area contributed by atoms with E-state index in [4.69, 9.17) is 0 Å². The number of H-pyrrole nitrogens is 1. The van der Waals surface area contributed by atoms with Gasteiger partial charge in [-0.05, 0) is 11.6 Å². The van der Waals surface area contributed by atoms with E-state index in [9.17, 15) is 22.8 Å². The van der Waals surface area contributed by atoms with Crippen molar-refractivity contribution in [3.63, 3.8) is 0 Å². The number of halogens is 3. The molecule has 0 aliphatic carbocycles. The molecule has 0 aliphatic heterocycles. The van der Waals surface area contributed by atoms with E-state index in [1.807, 2.05) is 30.3 Å². The Morgan fingerprint density at radius 2 is 1.76 bits per heavy atom.